The summed E-state index contributed by atoms with van der Waals surface area (Å²) in [4.78, 5) is 12.4. The van der Waals surface area contributed by atoms with E-state index in [1.165, 1.54) is 29.2 Å². The molecule has 1 N–H and O–H groups in total. The summed E-state index contributed by atoms with van der Waals surface area (Å²) in [5.41, 5.74) is 1.46. The quantitative estimate of drug-likeness (QED) is 0.466. The van der Waals surface area contributed by atoms with E-state index in [4.69, 9.17) is 9.97 Å². The fourth-order valence-corrected chi connectivity index (χ4v) is 7.79. The van der Waals surface area contributed by atoms with Crippen LogP contribution in [0.15, 0.2) is 41.4 Å². The SMILES string of the molecule is CNc1nc([C@H]2C[C@@H](CSC3CCN(C(C)C)C3)C2)nc2c1ccn2S(=O)(=O)c1ccc(C)cc1. The van der Waals surface area contributed by atoms with Gasteiger partial charge in [0.1, 0.15) is 11.6 Å². The van der Waals surface area contributed by atoms with Gasteiger partial charge in [-0.1, -0.05) is 17.7 Å². The van der Waals surface area contributed by atoms with Crippen molar-refractivity contribution in [3.63, 3.8) is 0 Å². The van der Waals surface area contributed by atoms with E-state index in [-0.39, 0.29) is 10.8 Å². The molecule has 1 atom stereocenters. The highest BCUT2D eigenvalue weighted by atomic mass is 32.2. The minimum absolute atomic E-state index is 0.260. The summed E-state index contributed by atoms with van der Waals surface area (Å²) >= 11 is 2.12. The zero-order valence-electron chi connectivity index (χ0n) is 20.9. The van der Waals surface area contributed by atoms with Gasteiger partial charge in [0.05, 0.1) is 10.3 Å². The van der Waals surface area contributed by atoms with Crippen molar-refractivity contribution in [2.24, 2.45) is 5.92 Å². The number of nitrogens with one attached hydrogen (secondary N) is 1. The van der Waals surface area contributed by atoms with E-state index in [0.29, 0.717) is 28.8 Å². The molecule has 5 rings (SSSR count). The molecular formula is C26H35N5O2S2. The second-order valence-electron chi connectivity index (χ2n) is 10.2. The molecule has 1 aliphatic carbocycles. The summed E-state index contributed by atoms with van der Waals surface area (Å²) in [6.07, 6.45) is 5.00. The number of anilines is 1. The number of thioether (sulfide) groups is 1. The number of fused-ring (bicyclic) bond motifs is 1. The van der Waals surface area contributed by atoms with Crippen LogP contribution in [-0.4, -0.2) is 64.4 Å². The van der Waals surface area contributed by atoms with Gasteiger partial charge < -0.3 is 5.32 Å². The van der Waals surface area contributed by atoms with Crippen molar-refractivity contribution in [3.8, 4) is 0 Å². The summed E-state index contributed by atoms with van der Waals surface area (Å²) in [5, 5.41) is 4.61. The van der Waals surface area contributed by atoms with Gasteiger partial charge in [0.15, 0.2) is 5.65 Å². The van der Waals surface area contributed by atoms with Crippen LogP contribution in [0.1, 0.15) is 50.4 Å². The third-order valence-corrected chi connectivity index (χ3v) is 10.6. The zero-order chi connectivity index (χ0) is 24.7. The van der Waals surface area contributed by atoms with Crippen molar-refractivity contribution in [1.29, 1.82) is 0 Å². The molecule has 188 valence electrons. The van der Waals surface area contributed by atoms with Gasteiger partial charge in [-0.15, -0.1) is 0 Å². The molecule has 1 aliphatic heterocycles. The van der Waals surface area contributed by atoms with Gasteiger partial charge >= 0.3 is 0 Å². The van der Waals surface area contributed by atoms with Gasteiger partial charge in [0.2, 0.25) is 0 Å². The second-order valence-corrected chi connectivity index (χ2v) is 13.4. The average Bonchev–Trinajstić information content (AvgIpc) is 3.45. The maximum atomic E-state index is 13.4. The molecule has 1 saturated carbocycles. The van der Waals surface area contributed by atoms with Gasteiger partial charge in [-0.05, 0) is 76.4 Å². The Balaban J connectivity index is 1.31. The smallest absolute Gasteiger partial charge is 0.269 e. The van der Waals surface area contributed by atoms with Crippen molar-refractivity contribution < 1.29 is 8.42 Å². The summed E-state index contributed by atoms with van der Waals surface area (Å²) in [5.74, 6) is 3.57. The summed E-state index contributed by atoms with van der Waals surface area (Å²) in [6, 6.07) is 9.34. The lowest BCUT2D eigenvalue weighted by Crippen LogP contribution is -2.29. The standard InChI is InChI=1S/C26H35N5O2S2/c1-17(2)30-11-9-21(15-30)34-16-19-13-20(14-19)24-28-25(27-4)23-10-12-31(26(23)29-24)35(32,33)22-7-5-18(3)6-8-22/h5-8,10,12,17,19-21H,9,11,13-16H2,1-4H3,(H,27,28,29)/t19-,20+,21?. The van der Waals surface area contributed by atoms with Crippen LogP contribution in [0.3, 0.4) is 0 Å². The Morgan fingerprint density at radius 1 is 1.14 bits per heavy atom. The van der Waals surface area contributed by atoms with Crippen LogP contribution in [0.4, 0.5) is 5.82 Å². The fourth-order valence-electron chi connectivity index (χ4n) is 5.11. The topological polar surface area (TPSA) is 80.1 Å². The highest BCUT2D eigenvalue weighted by Gasteiger charge is 2.35. The highest BCUT2D eigenvalue weighted by Crippen LogP contribution is 2.44. The number of hydrogen-bond acceptors (Lipinski definition) is 7. The molecule has 0 bridgehead atoms. The summed E-state index contributed by atoms with van der Waals surface area (Å²) < 4.78 is 28.1. The lowest BCUT2D eigenvalue weighted by molar-refractivity contribution is 0.276. The van der Waals surface area contributed by atoms with Crippen LogP contribution >= 0.6 is 11.8 Å². The molecule has 0 spiro atoms. The number of rotatable bonds is 8. The second kappa shape index (κ2) is 9.75. The van der Waals surface area contributed by atoms with Crippen LogP contribution in [0.2, 0.25) is 0 Å². The minimum atomic E-state index is -3.74. The molecule has 0 radical (unpaired) electrons. The Morgan fingerprint density at radius 3 is 2.54 bits per heavy atom. The van der Waals surface area contributed by atoms with Gasteiger partial charge in [-0.2, -0.15) is 11.8 Å². The molecule has 3 aromatic rings. The Bertz CT molecular complexity index is 1300. The lowest BCUT2D eigenvalue weighted by Gasteiger charge is -2.34. The maximum absolute atomic E-state index is 13.4. The molecule has 7 nitrogen and oxygen atoms in total. The minimum Gasteiger partial charge on any atom is -0.372 e. The first kappa shape index (κ1) is 24.6. The molecule has 1 aromatic carbocycles. The number of aromatic nitrogens is 3. The van der Waals surface area contributed by atoms with Crippen LogP contribution in [0, 0.1) is 12.8 Å². The Kier molecular flexibility index (Phi) is 6.85. The van der Waals surface area contributed by atoms with E-state index in [9.17, 15) is 8.42 Å². The van der Waals surface area contributed by atoms with Crippen LogP contribution < -0.4 is 5.32 Å². The molecule has 2 fully saturated rings. The highest BCUT2D eigenvalue weighted by molar-refractivity contribution is 7.99. The zero-order valence-corrected chi connectivity index (χ0v) is 22.6. The van der Waals surface area contributed by atoms with E-state index in [1.54, 1.807) is 24.4 Å². The van der Waals surface area contributed by atoms with Crippen LogP contribution in [-0.2, 0) is 10.0 Å². The Morgan fingerprint density at radius 2 is 1.89 bits per heavy atom. The number of likely N-dealkylation sites (tertiary alicyclic amines) is 1. The van der Waals surface area contributed by atoms with Crippen molar-refractivity contribution >= 4 is 38.6 Å². The predicted molar refractivity (Wildman–Crippen MR) is 144 cm³/mol. The van der Waals surface area contributed by atoms with E-state index in [1.807, 2.05) is 26.1 Å². The molecule has 1 unspecified atom stereocenters. The molecule has 0 amide bonds. The number of aryl methyl sites for hydroxylation is 1. The maximum Gasteiger partial charge on any atom is 0.269 e. The molecule has 35 heavy (non-hydrogen) atoms. The van der Waals surface area contributed by atoms with Crippen LogP contribution in [0.5, 0.6) is 0 Å². The molecule has 3 heterocycles. The third-order valence-electron chi connectivity index (χ3n) is 7.42. The molecule has 2 aromatic heterocycles. The Hall–Kier alpha value is -2.10. The first-order valence-electron chi connectivity index (χ1n) is 12.5. The first-order valence-corrected chi connectivity index (χ1v) is 15.0. The largest absolute Gasteiger partial charge is 0.372 e. The van der Waals surface area contributed by atoms with E-state index in [0.717, 1.165) is 29.5 Å². The number of hydrogen-bond donors (Lipinski definition) is 1. The molecular weight excluding hydrogens is 478 g/mol. The van der Waals surface area contributed by atoms with E-state index >= 15 is 0 Å². The van der Waals surface area contributed by atoms with Crippen LogP contribution in [0.25, 0.3) is 11.0 Å². The van der Waals surface area contributed by atoms with E-state index < -0.39 is 10.0 Å². The fraction of sp³-hybridized carbons (Fsp3) is 0.538. The van der Waals surface area contributed by atoms with Gasteiger partial charge in [0, 0.05) is 37.0 Å². The molecule has 2 aliphatic rings. The van der Waals surface area contributed by atoms with E-state index in [2.05, 4.69) is 35.8 Å². The van der Waals surface area contributed by atoms with Crippen molar-refractivity contribution in [3.05, 3.63) is 47.9 Å². The Labute approximate surface area is 212 Å². The van der Waals surface area contributed by atoms with Gasteiger partial charge in [-0.25, -0.2) is 22.4 Å². The molecule has 9 heteroatoms. The van der Waals surface area contributed by atoms with Gasteiger partial charge in [0.25, 0.3) is 10.0 Å². The van der Waals surface area contributed by atoms with Crippen molar-refractivity contribution in [2.45, 2.75) is 62.1 Å². The lowest BCUT2D eigenvalue weighted by atomic mass is 9.75. The van der Waals surface area contributed by atoms with Crippen molar-refractivity contribution in [2.75, 3.05) is 31.2 Å². The predicted octanol–water partition coefficient (Wildman–Crippen LogP) is 4.73. The number of nitrogens with zero attached hydrogens (tertiary/aromatic N) is 4. The third kappa shape index (κ3) is 4.82. The average molecular weight is 514 g/mol. The van der Waals surface area contributed by atoms with Crippen molar-refractivity contribution in [1.82, 2.24) is 18.8 Å². The summed E-state index contributed by atoms with van der Waals surface area (Å²) in [6.45, 7) is 8.92. The number of benzene rings is 1. The summed E-state index contributed by atoms with van der Waals surface area (Å²) in [7, 11) is -1.92. The monoisotopic (exact) mass is 513 g/mol. The van der Waals surface area contributed by atoms with Gasteiger partial charge in [-0.3, -0.25) is 4.90 Å². The first-order chi connectivity index (χ1) is 16.8. The normalized spacial score (nSPS) is 23.2. The molecule has 1 saturated heterocycles.